The SMILES string of the molecule is CC1CCCC1(C#N)CCC(C)(C)C. The zero-order valence-corrected chi connectivity index (χ0v) is 10.1. The largest absolute Gasteiger partial charge is 0.198 e. The molecule has 0 N–H and O–H groups in total. The summed E-state index contributed by atoms with van der Waals surface area (Å²) in [6, 6.07) is 2.60. The van der Waals surface area contributed by atoms with Crippen LogP contribution < -0.4 is 0 Å². The standard InChI is InChI=1S/C13H23N/c1-11-6-5-7-13(11,10-14)9-8-12(2,3)4/h11H,5-9H2,1-4H3. The highest BCUT2D eigenvalue weighted by Crippen LogP contribution is 2.47. The Morgan fingerprint density at radius 1 is 1.43 bits per heavy atom. The van der Waals surface area contributed by atoms with E-state index in [0.29, 0.717) is 11.3 Å². The van der Waals surface area contributed by atoms with E-state index in [1.54, 1.807) is 0 Å². The van der Waals surface area contributed by atoms with Crippen LogP contribution in [0.5, 0.6) is 0 Å². The molecule has 0 amide bonds. The second-order valence-corrected chi connectivity index (χ2v) is 6.12. The molecule has 0 aromatic heterocycles. The van der Waals surface area contributed by atoms with E-state index in [4.69, 9.17) is 0 Å². The molecule has 1 aliphatic rings. The Morgan fingerprint density at radius 2 is 2.07 bits per heavy atom. The topological polar surface area (TPSA) is 23.8 Å². The molecule has 0 aromatic carbocycles. The molecule has 14 heavy (non-hydrogen) atoms. The fourth-order valence-corrected chi connectivity index (χ4v) is 2.44. The van der Waals surface area contributed by atoms with Gasteiger partial charge in [0.25, 0.3) is 0 Å². The van der Waals surface area contributed by atoms with Crippen LogP contribution in [-0.4, -0.2) is 0 Å². The van der Waals surface area contributed by atoms with E-state index in [1.807, 2.05) is 0 Å². The van der Waals surface area contributed by atoms with Crippen molar-refractivity contribution in [1.29, 1.82) is 5.26 Å². The smallest absolute Gasteiger partial charge is 0.0692 e. The molecule has 0 radical (unpaired) electrons. The maximum atomic E-state index is 9.33. The normalized spacial score (nSPS) is 32.9. The lowest BCUT2D eigenvalue weighted by molar-refractivity contribution is 0.229. The van der Waals surface area contributed by atoms with Crippen LogP contribution in [-0.2, 0) is 0 Å². The van der Waals surface area contributed by atoms with E-state index >= 15 is 0 Å². The summed E-state index contributed by atoms with van der Waals surface area (Å²) in [5, 5.41) is 9.33. The summed E-state index contributed by atoms with van der Waals surface area (Å²) < 4.78 is 0. The molecule has 1 aliphatic carbocycles. The monoisotopic (exact) mass is 193 g/mol. The summed E-state index contributed by atoms with van der Waals surface area (Å²) in [6.07, 6.45) is 5.89. The van der Waals surface area contributed by atoms with Gasteiger partial charge in [-0.1, -0.05) is 34.1 Å². The summed E-state index contributed by atoms with van der Waals surface area (Å²) in [6.45, 7) is 9.03. The Hall–Kier alpha value is -0.510. The zero-order chi connectivity index (χ0) is 10.8. The summed E-state index contributed by atoms with van der Waals surface area (Å²) in [4.78, 5) is 0. The predicted molar refractivity (Wildman–Crippen MR) is 59.8 cm³/mol. The van der Waals surface area contributed by atoms with Crippen molar-refractivity contribution >= 4 is 0 Å². The average molecular weight is 193 g/mol. The number of hydrogen-bond acceptors (Lipinski definition) is 1. The lowest BCUT2D eigenvalue weighted by Crippen LogP contribution is -2.23. The molecule has 2 unspecified atom stereocenters. The van der Waals surface area contributed by atoms with Crippen molar-refractivity contribution in [2.45, 2.75) is 59.8 Å². The molecule has 1 fully saturated rings. The second kappa shape index (κ2) is 3.93. The third-order valence-electron chi connectivity index (χ3n) is 3.75. The van der Waals surface area contributed by atoms with Gasteiger partial charge in [-0.2, -0.15) is 5.26 Å². The van der Waals surface area contributed by atoms with Crippen LogP contribution >= 0.6 is 0 Å². The van der Waals surface area contributed by atoms with Crippen molar-refractivity contribution in [2.24, 2.45) is 16.7 Å². The van der Waals surface area contributed by atoms with Crippen LogP contribution in [0.25, 0.3) is 0 Å². The number of rotatable bonds is 2. The van der Waals surface area contributed by atoms with Crippen molar-refractivity contribution in [1.82, 2.24) is 0 Å². The van der Waals surface area contributed by atoms with Gasteiger partial charge in [-0.25, -0.2) is 0 Å². The molecule has 1 heteroatoms. The minimum absolute atomic E-state index is 0.00722. The van der Waals surface area contributed by atoms with E-state index in [2.05, 4.69) is 33.8 Å². The molecule has 2 atom stereocenters. The average Bonchev–Trinajstić information content (AvgIpc) is 2.43. The van der Waals surface area contributed by atoms with E-state index in [9.17, 15) is 5.26 Å². The van der Waals surface area contributed by atoms with Gasteiger partial charge in [0, 0.05) is 0 Å². The van der Waals surface area contributed by atoms with Crippen LogP contribution in [0.4, 0.5) is 0 Å². The first-order valence-electron chi connectivity index (χ1n) is 5.81. The van der Waals surface area contributed by atoms with Crippen molar-refractivity contribution in [3.63, 3.8) is 0 Å². The molecule has 1 rings (SSSR count). The Kier molecular flexibility index (Phi) is 3.24. The molecule has 0 bridgehead atoms. The minimum atomic E-state index is 0.00722. The first kappa shape index (κ1) is 11.6. The Morgan fingerprint density at radius 3 is 2.43 bits per heavy atom. The van der Waals surface area contributed by atoms with Gasteiger partial charge in [0.15, 0.2) is 0 Å². The molecule has 80 valence electrons. The minimum Gasteiger partial charge on any atom is -0.198 e. The first-order chi connectivity index (χ1) is 6.40. The van der Waals surface area contributed by atoms with E-state index in [0.717, 1.165) is 12.8 Å². The summed E-state index contributed by atoms with van der Waals surface area (Å²) in [7, 11) is 0. The van der Waals surface area contributed by atoms with Gasteiger partial charge in [0.2, 0.25) is 0 Å². The van der Waals surface area contributed by atoms with Crippen molar-refractivity contribution in [3.8, 4) is 6.07 Å². The van der Waals surface area contributed by atoms with Gasteiger partial charge < -0.3 is 0 Å². The predicted octanol–water partition coefficient (Wildman–Crippen LogP) is 4.14. The van der Waals surface area contributed by atoms with Gasteiger partial charge in [0.05, 0.1) is 11.5 Å². The number of nitriles is 1. The molecule has 1 saturated carbocycles. The summed E-state index contributed by atoms with van der Waals surface area (Å²) in [5.74, 6) is 0.606. The molecule has 0 heterocycles. The van der Waals surface area contributed by atoms with E-state index < -0.39 is 0 Å². The lowest BCUT2D eigenvalue weighted by Gasteiger charge is -2.29. The maximum absolute atomic E-state index is 9.33. The highest BCUT2D eigenvalue weighted by atomic mass is 14.5. The second-order valence-electron chi connectivity index (χ2n) is 6.12. The highest BCUT2D eigenvalue weighted by Gasteiger charge is 2.40. The van der Waals surface area contributed by atoms with Gasteiger partial charge in [0.1, 0.15) is 0 Å². The molecular weight excluding hydrogens is 170 g/mol. The van der Waals surface area contributed by atoms with Crippen LogP contribution in [0.3, 0.4) is 0 Å². The third kappa shape index (κ3) is 2.50. The zero-order valence-electron chi connectivity index (χ0n) is 10.1. The quantitative estimate of drug-likeness (QED) is 0.646. The molecular formula is C13H23N. The van der Waals surface area contributed by atoms with Gasteiger partial charge in [-0.3, -0.25) is 0 Å². The third-order valence-corrected chi connectivity index (χ3v) is 3.75. The molecule has 1 nitrogen and oxygen atoms in total. The van der Waals surface area contributed by atoms with Crippen molar-refractivity contribution < 1.29 is 0 Å². The lowest BCUT2D eigenvalue weighted by atomic mass is 9.73. The molecule has 0 aromatic rings. The van der Waals surface area contributed by atoms with Crippen LogP contribution in [0.1, 0.15) is 59.8 Å². The molecule has 0 saturated heterocycles. The van der Waals surface area contributed by atoms with Gasteiger partial charge in [-0.15, -0.1) is 0 Å². The fraction of sp³-hybridized carbons (Fsp3) is 0.923. The number of hydrogen-bond donors (Lipinski definition) is 0. The Bertz CT molecular complexity index is 231. The fourth-order valence-electron chi connectivity index (χ4n) is 2.44. The van der Waals surface area contributed by atoms with Gasteiger partial charge in [-0.05, 0) is 37.0 Å². The first-order valence-corrected chi connectivity index (χ1v) is 5.81. The Balaban J connectivity index is 2.60. The number of nitrogens with zero attached hydrogens (tertiary/aromatic N) is 1. The van der Waals surface area contributed by atoms with Crippen LogP contribution in [0, 0.1) is 28.1 Å². The molecule has 0 aliphatic heterocycles. The van der Waals surface area contributed by atoms with Crippen LogP contribution in [0.15, 0.2) is 0 Å². The summed E-state index contributed by atoms with van der Waals surface area (Å²) >= 11 is 0. The van der Waals surface area contributed by atoms with Gasteiger partial charge >= 0.3 is 0 Å². The maximum Gasteiger partial charge on any atom is 0.0692 e. The highest BCUT2D eigenvalue weighted by molar-refractivity contribution is 5.05. The Labute approximate surface area is 88.5 Å². The van der Waals surface area contributed by atoms with Crippen LogP contribution in [0.2, 0.25) is 0 Å². The van der Waals surface area contributed by atoms with E-state index in [1.165, 1.54) is 19.3 Å². The van der Waals surface area contributed by atoms with Crippen molar-refractivity contribution in [2.75, 3.05) is 0 Å². The van der Waals surface area contributed by atoms with Crippen molar-refractivity contribution in [3.05, 3.63) is 0 Å². The summed E-state index contributed by atoms with van der Waals surface area (Å²) in [5.41, 5.74) is 0.374. The molecule has 0 spiro atoms. The van der Waals surface area contributed by atoms with E-state index in [-0.39, 0.29) is 5.41 Å².